The van der Waals surface area contributed by atoms with E-state index in [9.17, 15) is 14.7 Å². The quantitative estimate of drug-likeness (QED) is 0.547. The molecule has 1 aliphatic carbocycles. The van der Waals surface area contributed by atoms with E-state index in [0.29, 0.717) is 11.1 Å². The van der Waals surface area contributed by atoms with Gasteiger partial charge < -0.3 is 14.3 Å². The minimum atomic E-state index is -0.604. The summed E-state index contributed by atoms with van der Waals surface area (Å²) >= 11 is 0. The van der Waals surface area contributed by atoms with Gasteiger partial charge in [0, 0.05) is 17.4 Å². The molecule has 28 heavy (non-hydrogen) atoms. The van der Waals surface area contributed by atoms with Crippen LogP contribution < -0.4 is 5.63 Å². The Hall–Kier alpha value is -3.34. The third kappa shape index (κ3) is 2.89. The van der Waals surface area contributed by atoms with Crippen LogP contribution in [-0.2, 0) is 9.53 Å². The molecule has 0 spiro atoms. The molecule has 1 aliphatic rings. The van der Waals surface area contributed by atoms with Crippen molar-refractivity contribution in [1.82, 2.24) is 0 Å². The van der Waals surface area contributed by atoms with E-state index >= 15 is 0 Å². The number of benzene rings is 2. The third-order valence-electron chi connectivity index (χ3n) is 5.17. The summed E-state index contributed by atoms with van der Waals surface area (Å²) in [4.78, 5) is 25.8. The van der Waals surface area contributed by atoms with Crippen LogP contribution in [0.4, 0.5) is 0 Å². The highest BCUT2D eigenvalue weighted by Gasteiger charge is 2.40. The average Bonchev–Trinajstić information content (AvgIpc) is 2.67. The van der Waals surface area contributed by atoms with Gasteiger partial charge in [-0.15, -0.1) is 0 Å². The molecule has 0 saturated carbocycles. The predicted molar refractivity (Wildman–Crippen MR) is 106 cm³/mol. The first kappa shape index (κ1) is 18.0. The second kappa shape index (κ2) is 7.00. The van der Waals surface area contributed by atoms with Crippen LogP contribution in [-0.4, -0.2) is 17.7 Å². The number of hydrogen-bond acceptors (Lipinski definition) is 5. The lowest BCUT2D eigenvalue weighted by Crippen LogP contribution is -2.32. The first-order chi connectivity index (χ1) is 13.5. The number of aromatic hydroxyl groups is 1. The van der Waals surface area contributed by atoms with Crippen molar-refractivity contribution in [1.29, 1.82) is 0 Å². The standard InChI is InChI=1S/C23H20O5/c1-3-27-22(25)19-13(2)11-17-16-10-9-15(24)12-18(16)28-23(26)21(17)20(19)14-7-5-4-6-8-14/h4-12,19-20,24H,3H2,1-2H3. The highest BCUT2D eigenvalue weighted by Crippen LogP contribution is 2.44. The lowest BCUT2D eigenvalue weighted by atomic mass is 9.72. The highest BCUT2D eigenvalue weighted by atomic mass is 16.5. The molecule has 1 aromatic heterocycles. The molecule has 3 aromatic rings. The maximum atomic E-state index is 13.0. The van der Waals surface area contributed by atoms with Crippen molar-refractivity contribution in [3.8, 4) is 5.75 Å². The molecule has 142 valence electrons. The molecule has 1 N–H and O–H groups in total. The van der Waals surface area contributed by atoms with E-state index < -0.39 is 17.5 Å². The number of hydrogen-bond donors (Lipinski definition) is 1. The zero-order chi connectivity index (χ0) is 19.8. The molecule has 0 aliphatic heterocycles. The Morgan fingerprint density at radius 1 is 1.18 bits per heavy atom. The molecular formula is C23H20O5. The van der Waals surface area contributed by atoms with E-state index in [2.05, 4.69) is 0 Å². The molecule has 0 radical (unpaired) electrons. The molecular weight excluding hydrogens is 356 g/mol. The molecule has 2 atom stereocenters. The Balaban J connectivity index is 2.04. The monoisotopic (exact) mass is 376 g/mol. The molecule has 5 nitrogen and oxygen atoms in total. The lowest BCUT2D eigenvalue weighted by Gasteiger charge is -2.31. The molecule has 0 fully saturated rings. The largest absolute Gasteiger partial charge is 0.508 e. The SMILES string of the molecule is CCOC(=O)C1C(C)=Cc2c(c(=O)oc3cc(O)ccc23)C1c1ccccc1. The smallest absolute Gasteiger partial charge is 0.340 e. The first-order valence-corrected chi connectivity index (χ1v) is 9.20. The van der Waals surface area contributed by atoms with E-state index in [0.717, 1.165) is 22.1 Å². The third-order valence-corrected chi connectivity index (χ3v) is 5.17. The molecule has 0 saturated heterocycles. The Morgan fingerprint density at radius 3 is 2.64 bits per heavy atom. The number of phenols is 1. The van der Waals surface area contributed by atoms with Crippen molar-refractivity contribution in [2.45, 2.75) is 19.8 Å². The van der Waals surface area contributed by atoms with Crippen LogP contribution in [0.3, 0.4) is 0 Å². The van der Waals surface area contributed by atoms with Crippen molar-refractivity contribution >= 4 is 23.0 Å². The van der Waals surface area contributed by atoms with Crippen molar-refractivity contribution < 1.29 is 19.1 Å². The Morgan fingerprint density at radius 2 is 1.93 bits per heavy atom. The van der Waals surface area contributed by atoms with E-state index in [1.165, 1.54) is 6.07 Å². The van der Waals surface area contributed by atoms with Crippen LogP contribution in [0.2, 0.25) is 0 Å². The number of esters is 1. The van der Waals surface area contributed by atoms with Gasteiger partial charge in [-0.1, -0.05) is 42.0 Å². The summed E-state index contributed by atoms with van der Waals surface area (Å²) in [7, 11) is 0. The van der Waals surface area contributed by atoms with Gasteiger partial charge in [-0.25, -0.2) is 4.79 Å². The van der Waals surface area contributed by atoms with Gasteiger partial charge in [0.25, 0.3) is 0 Å². The van der Waals surface area contributed by atoms with Crippen LogP contribution in [0.25, 0.3) is 17.0 Å². The van der Waals surface area contributed by atoms with E-state index in [4.69, 9.17) is 9.15 Å². The number of carbonyl (C=O) groups is 1. The molecule has 0 bridgehead atoms. The second-order valence-electron chi connectivity index (χ2n) is 6.90. The first-order valence-electron chi connectivity index (χ1n) is 9.20. The number of fused-ring (bicyclic) bond motifs is 3. The number of phenolic OH excluding ortho intramolecular Hbond substituents is 1. The fourth-order valence-electron chi connectivity index (χ4n) is 4.00. The Labute approximate surface area is 161 Å². The van der Waals surface area contributed by atoms with Crippen LogP contribution in [0.15, 0.2) is 63.3 Å². The minimum absolute atomic E-state index is 0.0242. The van der Waals surface area contributed by atoms with Crippen LogP contribution in [0.1, 0.15) is 36.5 Å². The summed E-state index contributed by atoms with van der Waals surface area (Å²) in [6.07, 6.45) is 1.85. The predicted octanol–water partition coefficient (Wildman–Crippen LogP) is 4.23. The molecule has 2 aromatic carbocycles. The summed E-state index contributed by atoms with van der Waals surface area (Å²) in [6.45, 7) is 3.91. The number of carbonyl (C=O) groups excluding carboxylic acids is 1. The molecule has 0 amide bonds. The van der Waals surface area contributed by atoms with Gasteiger partial charge in [0.15, 0.2) is 0 Å². The van der Waals surface area contributed by atoms with Gasteiger partial charge in [-0.2, -0.15) is 0 Å². The number of ether oxygens (including phenoxy) is 1. The summed E-state index contributed by atoms with van der Waals surface area (Å²) in [5.74, 6) is -1.45. The fraction of sp³-hybridized carbons (Fsp3) is 0.217. The zero-order valence-corrected chi connectivity index (χ0v) is 15.6. The maximum Gasteiger partial charge on any atom is 0.340 e. The summed E-state index contributed by atoms with van der Waals surface area (Å²) < 4.78 is 10.8. The lowest BCUT2D eigenvalue weighted by molar-refractivity contribution is -0.147. The Bertz CT molecular complexity index is 1140. The summed E-state index contributed by atoms with van der Waals surface area (Å²) in [5, 5.41) is 10.5. The van der Waals surface area contributed by atoms with Gasteiger partial charge in [-0.05, 0) is 37.1 Å². The number of rotatable bonds is 3. The molecule has 1 heterocycles. The average molecular weight is 376 g/mol. The van der Waals surface area contributed by atoms with Gasteiger partial charge in [0.1, 0.15) is 11.3 Å². The topological polar surface area (TPSA) is 76.7 Å². The maximum absolute atomic E-state index is 13.0. The highest BCUT2D eigenvalue weighted by molar-refractivity contribution is 5.92. The van der Waals surface area contributed by atoms with Crippen molar-refractivity contribution in [2.24, 2.45) is 5.92 Å². The van der Waals surface area contributed by atoms with E-state index in [1.807, 2.05) is 43.3 Å². The van der Waals surface area contributed by atoms with Crippen molar-refractivity contribution in [3.63, 3.8) is 0 Å². The van der Waals surface area contributed by atoms with Crippen molar-refractivity contribution in [2.75, 3.05) is 6.61 Å². The Kier molecular flexibility index (Phi) is 4.51. The summed E-state index contributed by atoms with van der Waals surface area (Å²) in [6, 6.07) is 14.2. The molecule has 5 heteroatoms. The van der Waals surface area contributed by atoms with Gasteiger partial charge in [-0.3, -0.25) is 4.79 Å². The zero-order valence-electron chi connectivity index (χ0n) is 15.6. The van der Waals surface area contributed by atoms with E-state index in [1.54, 1.807) is 19.1 Å². The van der Waals surface area contributed by atoms with Crippen LogP contribution in [0.5, 0.6) is 5.75 Å². The van der Waals surface area contributed by atoms with Crippen LogP contribution >= 0.6 is 0 Å². The van der Waals surface area contributed by atoms with Gasteiger partial charge >= 0.3 is 11.6 Å². The van der Waals surface area contributed by atoms with Gasteiger partial charge in [0.05, 0.1) is 18.1 Å². The summed E-state index contributed by atoms with van der Waals surface area (Å²) in [5.41, 5.74) is 2.62. The minimum Gasteiger partial charge on any atom is -0.508 e. The van der Waals surface area contributed by atoms with Gasteiger partial charge in [0.2, 0.25) is 0 Å². The fourth-order valence-corrected chi connectivity index (χ4v) is 4.00. The normalized spacial score (nSPS) is 18.4. The molecule has 4 rings (SSSR count). The van der Waals surface area contributed by atoms with Crippen LogP contribution in [0, 0.1) is 5.92 Å². The van der Waals surface area contributed by atoms with Crippen molar-refractivity contribution in [3.05, 3.63) is 81.2 Å². The second-order valence-corrected chi connectivity index (χ2v) is 6.90. The van der Waals surface area contributed by atoms with E-state index in [-0.39, 0.29) is 18.3 Å². The molecule has 2 unspecified atom stereocenters.